The molecule has 8 nitrogen and oxygen atoms in total. The van der Waals surface area contributed by atoms with Crippen molar-refractivity contribution in [3.05, 3.63) is 51.8 Å². The summed E-state index contributed by atoms with van der Waals surface area (Å²) < 4.78 is 43.8. The summed E-state index contributed by atoms with van der Waals surface area (Å²) in [7, 11) is 0. The minimum Gasteiger partial charge on any atom is -0.507 e. The number of aromatic amines is 1. The van der Waals surface area contributed by atoms with Gasteiger partial charge in [0.1, 0.15) is 29.3 Å². The number of phenols is 1. The van der Waals surface area contributed by atoms with Crippen molar-refractivity contribution < 1.29 is 27.8 Å². The number of nitrogens with zero attached hydrogens (tertiary/aromatic N) is 1. The van der Waals surface area contributed by atoms with Crippen LogP contribution in [0.15, 0.2) is 35.1 Å². The van der Waals surface area contributed by atoms with Gasteiger partial charge in [-0.15, -0.1) is 12.4 Å². The van der Waals surface area contributed by atoms with Crippen molar-refractivity contribution >= 4 is 29.3 Å². The Morgan fingerprint density at radius 2 is 2.00 bits per heavy atom. The van der Waals surface area contributed by atoms with Gasteiger partial charge in [0, 0.05) is 11.9 Å². The second kappa shape index (κ2) is 11.2. The number of rotatable bonds is 7. The van der Waals surface area contributed by atoms with Crippen molar-refractivity contribution in [2.45, 2.75) is 37.8 Å². The Morgan fingerprint density at radius 3 is 2.68 bits per heavy atom. The maximum atomic E-state index is 12.7. The van der Waals surface area contributed by atoms with Gasteiger partial charge >= 0.3 is 6.18 Å². The molecular weight excluding hydrogens is 525 g/mol. The second-order valence-electron chi connectivity index (χ2n) is 9.62. The minimum atomic E-state index is -4.61. The fourth-order valence-electron chi connectivity index (χ4n) is 4.62. The highest BCUT2D eigenvalue weighted by Gasteiger charge is 2.29. The molecule has 3 aromatic rings. The summed E-state index contributed by atoms with van der Waals surface area (Å²) >= 11 is 0. The summed E-state index contributed by atoms with van der Waals surface area (Å²) in [6, 6.07) is 8.07. The molecule has 5 rings (SSSR count). The highest BCUT2D eigenvalue weighted by Crippen LogP contribution is 2.41. The fourth-order valence-corrected chi connectivity index (χ4v) is 4.62. The number of phenolic OH excluding ortho intramolecular Hbond substituents is 1. The largest absolute Gasteiger partial charge is 0.507 e. The van der Waals surface area contributed by atoms with E-state index in [-0.39, 0.29) is 29.7 Å². The summed E-state index contributed by atoms with van der Waals surface area (Å²) in [5, 5.41) is 16.3. The van der Waals surface area contributed by atoms with Gasteiger partial charge in [-0.25, -0.2) is 4.98 Å². The summed E-state index contributed by atoms with van der Waals surface area (Å²) in [5.74, 6) is -0.192. The molecule has 1 atom stereocenters. The summed E-state index contributed by atoms with van der Waals surface area (Å²) in [5.41, 5.74) is 0.445. The monoisotopic (exact) mass is 552 g/mol. The number of ether oxygens (including phenoxy) is 1. The lowest BCUT2D eigenvalue weighted by Gasteiger charge is -2.25. The third-order valence-corrected chi connectivity index (χ3v) is 6.72. The van der Waals surface area contributed by atoms with Crippen LogP contribution in [-0.2, 0) is 0 Å². The molecule has 3 heterocycles. The van der Waals surface area contributed by atoms with Crippen LogP contribution in [0.25, 0.3) is 22.3 Å². The van der Waals surface area contributed by atoms with E-state index in [2.05, 4.69) is 15.3 Å². The lowest BCUT2D eigenvalue weighted by Crippen LogP contribution is -2.36. The topological polar surface area (TPSA) is 116 Å². The van der Waals surface area contributed by atoms with Crippen LogP contribution in [0.3, 0.4) is 0 Å². The van der Waals surface area contributed by atoms with E-state index < -0.39 is 29.8 Å². The first-order valence-electron chi connectivity index (χ1n) is 12.3. The first-order chi connectivity index (χ1) is 17.7. The molecular formula is C26H28ClF3N4O4. The number of fused-ring (bicyclic) bond motifs is 1. The van der Waals surface area contributed by atoms with Crippen molar-refractivity contribution in [2.24, 2.45) is 5.92 Å². The van der Waals surface area contributed by atoms with Gasteiger partial charge in [-0.2, -0.15) is 13.2 Å². The molecule has 1 saturated carbocycles. The Hall–Kier alpha value is -3.31. The molecule has 1 saturated heterocycles. The number of aromatic hydroxyl groups is 1. The second-order valence-corrected chi connectivity index (χ2v) is 9.62. The molecule has 1 aliphatic carbocycles. The van der Waals surface area contributed by atoms with Crippen LogP contribution in [0.2, 0.25) is 0 Å². The predicted octanol–water partition coefficient (Wildman–Crippen LogP) is 4.27. The molecule has 1 unspecified atom stereocenters. The SMILES string of the molecule is Cl.O=C(NCC(F)(F)F)c1cc2c(C3CCCNC3)cc(-c3c(O)cccc3OCC3CC3)nc2[nH]c1=O. The van der Waals surface area contributed by atoms with Crippen LogP contribution in [0.5, 0.6) is 11.5 Å². The van der Waals surface area contributed by atoms with Crippen molar-refractivity contribution in [3.8, 4) is 22.8 Å². The third kappa shape index (κ3) is 6.21. The van der Waals surface area contributed by atoms with Crippen LogP contribution in [0, 0.1) is 5.92 Å². The first kappa shape index (κ1) is 27.7. The lowest BCUT2D eigenvalue weighted by molar-refractivity contribution is -0.123. The number of pyridine rings is 2. The van der Waals surface area contributed by atoms with Crippen molar-refractivity contribution in [3.63, 3.8) is 0 Å². The molecule has 2 aromatic heterocycles. The lowest BCUT2D eigenvalue weighted by atomic mass is 9.88. The molecule has 4 N–H and O–H groups in total. The zero-order valence-corrected chi connectivity index (χ0v) is 21.2. The van der Waals surface area contributed by atoms with Crippen molar-refractivity contribution in [2.75, 3.05) is 26.2 Å². The number of aromatic nitrogens is 2. The first-order valence-corrected chi connectivity index (χ1v) is 12.3. The zero-order chi connectivity index (χ0) is 26.2. The average Bonchev–Trinajstić information content (AvgIpc) is 3.70. The standard InChI is InChI=1S/C26H27F3N4O4.ClH/c27-26(28,29)13-31-24(35)18-9-17-16(15-3-2-8-30-11-15)10-19(32-23(17)33-25(18)36)22-20(34)4-1-5-21(22)37-12-14-6-7-14;/h1,4-5,9-10,14-15,30,34H,2-3,6-8,11-13H2,(H,31,35)(H,32,33,36);1H. The number of carbonyl (C=O) groups excluding carboxylic acids is 1. The van der Waals surface area contributed by atoms with E-state index >= 15 is 0 Å². The molecule has 0 bridgehead atoms. The number of amides is 1. The maximum absolute atomic E-state index is 12.7. The quantitative estimate of drug-likeness (QED) is 0.348. The van der Waals surface area contributed by atoms with E-state index in [1.807, 2.05) is 0 Å². The number of alkyl halides is 3. The molecule has 12 heteroatoms. The number of piperidine rings is 1. The van der Waals surface area contributed by atoms with Crippen molar-refractivity contribution in [1.82, 2.24) is 20.6 Å². The van der Waals surface area contributed by atoms with Gasteiger partial charge in [0.2, 0.25) is 0 Å². The number of hydrogen-bond acceptors (Lipinski definition) is 6. The molecule has 1 aliphatic heterocycles. The summed E-state index contributed by atoms with van der Waals surface area (Å²) in [6.45, 7) is 0.472. The van der Waals surface area contributed by atoms with Crippen LogP contribution < -0.4 is 20.9 Å². The Kier molecular flexibility index (Phi) is 8.17. The average molecular weight is 553 g/mol. The van der Waals surface area contributed by atoms with Gasteiger partial charge < -0.3 is 25.5 Å². The number of benzene rings is 1. The number of H-pyrrole nitrogens is 1. The Morgan fingerprint density at radius 1 is 1.21 bits per heavy atom. The van der Waals surface area contributed by atoms with E-state index in [0.29, 0.717) is 41.5 Å². The van der Waals surface area contributed by atoms with Gasteiger partial charge in [0.05, 0.1) is 17.9 Å². The zero-order valence-electron chi connectivity index (χ0n) is 20.4. The van der Waals surface area contributed by atoms with Gasteiger partial charge in [-0.3, -0.25) is 9.59 Å². The molecule has 2 fully saturated rings. The summed E-state index contributed by atoms with van der Waals surface area (Å²) in [4.78, 5) is 32.3. The highest BCUT2D eigenvalue weighted by molar-refractivity contribution is 5.98. The number of nitrogens with one attached hydrogen (secondary N) is 3. The van der Waals surface area contributed by atoms with E-state index in [1.165, 1.54) is 12.1 Å². The number of halogens is 4. The Bertz CT molecular complexity index is 1390. The highest BCUT2D eigenvalue weighted by atomic mass is 35.5. The van der Waals surface area contributed by atoms with Crippen LogP contribution in [-0.4, -0.2) is 53.4 Å². The Labute approximate surface area is 222 Å². The maximum Gasteiger partial charge on any atom is 0.405 e. The molecule has 1 aromatic carbocycles. The third-order valence-electron chi connectivity index (χ3n) is 6.72. The van der Waals surface area contributed by atoms with Crippen LogP contribution in [0.1, 0.15) is 47.5 Å². The number of hydrogen-bond donors (Lipinski definition) is 4. The predicted molar refractivity (Wildman–Crippen MR) is 138 cm³/mol. The van der Waals surface area contributed by atoms with E-state index in [9.17, 15) is 27.9 Å². The molecule has 0 radical (unpaired) electrons. The molecule has 2 aliphatic rings. The van der Waals surface area contributed by atoms with Gasteiger partial charge in [-0.1, -0.05) is 6.07 Å². The summed E-state index contributed by atoms with van der Waals surface area (Å²) in [6.07, 6.45) is -0.682. The number of carbonyl (C=O) groups is 1. The Balaban J connectivity index is 0.00000336. The van der Waals surface area contributed by atoms with E-state index in [0.717, 1.165) is 37.8 Å². The smallest absolute Gasteiger partial charge is 0.405 e. The molecule has 38 heavy (non-hydrogen) atoms. The molecule has 1 amide bonds. The van der Waals surface area contributed by atoms with Gasteiger partial charge in [-0.05, 0) is 73.9 Å². The van der Waals surface area contributed by atoms with Crippen LogP contribution >= 0.6 is 12.4 Å². The van der Waals surface area contributed by atoms with E-state index in [1.54, 1.807) is 23.5 Å². The van der Waals surface area contributed by atoms with Gasteiger partial charge in [0.15, 0.2) is 0 Å². The molecule has 0 spiro atoms. The van der Waals surface area contributed by atoms with Crippen molar-refractivity contribution in [1.29, 1.82) is 0 Å². The fraction of sp³-hybridized carbons (Fsp3) is 0.423. The minimum absolute atomic E-state index is 0. The van der Waals surface area contributed by atoms with E-state index in [4.69, 9.17) is 4.74 Å². The van der Waals surface area contributed by atoms with Gasteiger partial charge in [0.25, 0.3) is 11.5 Å². The molecule has 204 valence electrons. The van der Waals surface area contributed by atoms with Crippen LogP contribution in [0.4, 0.5) is 13.2 Å². The normalized spacial score (nSPS) is 17.6.